The van der Waals surface area contributed by atoms with Gasteiger partial charge in [0.1, 0.15) is 23.2 Å². The summed E-state index contributed by atoms with van der Waals surface area (Å²) in [6.07, 6.45) is -2.91. The molecule has 0 radical (unpaired) electrons. The average molecular weight is 548 g/mol. The molecule has 2 aromatic heterocycles. The molecular weight excluding hydrogens is 521 g/mol. The van der Waals surface area contributed by atoms with Crippen LogP contribution in [0.3, 0.4) is 0 Å². The topological polar surface area (TPSA) is 80.6 Å². The first kappa shape index (κ1) is 28.1. The Morgan fingerprint density at radius 2 is 1.77 bits per heavy atom. The predicted molar refractivity (Wildman–Crippen MR) is 132 cm³/mol. The van der Waals surface area contributed by atoms with Crippen LogP contribution in [0.2, 0.25) is 0 Å². The lowest BCUT2D eigenvalue weighted by Gasteiger charge is -2.33. The Hall–Kier alpha value is -3.96. The summed E-state index contributed by atoms with van der Waals surface area (Å²) in [6.45, 7) is 5.91. The van der Waals surface area contributed by atoms with Gasteiger partial charge < -0.3 is 9.74 Å². The Kier molecular flexibility index (Phi) is 8.22. The minimum Gasteiger partial charge on any atom is -0.357 e. The maximum Gasteiger partial charge on any atom is 0.433 e. The fraction of sp³-hybridized carbons (Fsp3) is 0.370. The van der Waals surface area contributed by atoms with E-state index in [2.05, 4.69) is 20.1 Å². The molecule has 0 N–H and O–H groups in total. The largest absolute Gasteiger partial charge is 0.433 e. The van der Waals surface area contributed by atoms with Gasteiger partial charge in [0.15, 0.2) is 5.75 Å². The number of benzene rings is 1. The molecule has 39 heavy (non-hydrogen) atoms. The van der Waals surface area contributed by atoms with Crippen LogP contribution in [0.15, 0.2) is 41.7 Å². The van der Waals surface area contributed by atoms with Crippen molar-refractivity contribution in [2.75, 3.05) is 13.1 Å². The van der Waals surface area contributed by atoms with Crippen molar-refractivity contribution < 1.29 is 31.6 Å². The molecule has 1 fully saturated rings. The highest BCUT2D eigenvalue weighted by Crippen LogP contribution is 2.32. The molecule has 0 spiro atoms. The molecule has 1 saturated heterocycles. The first-order valence-electron chi connectivity index (χ1n) is 12.2. The fourth-order valence-corrected chi connectivity index (χ4v) is 4.64. The number of rotatable bonds is 6. The monoisotopic (exact) mass is 547 g/mol. The molecule has 1 aliphatic heterocycles. The zero-order chi connectivity index (χ0) is 28.3. The summed E-state index contributed by atoms with van der Waals surface area (Å²) in [5, 5.41) is 4.05. The summed E-state index contributed by atoms with van der Waals surface area (Å²) in [5.74, 6) is -1.53. The van der Waals surface area contributed by atoms with Crippen molar-refractivity contribution in [2.45, 2.75) is 52.1 Å². The van der Waals surface area contributed by atoms with E-state index < -0.39 is 23.5 Å². The third-order valence-corrected chi connectivity index (χ3v) is 6.53. The standard InChI is InChI=1S/C27H26F5N5O2/c1-15-25(16(2)36-39-19-7-10-33-23(13-19)27(30,31)32)26(35-17(3)34-15)18-8-11-37(12-9-18)24(38)14-20-21(28)5-4-6-22(20)29/h4-7,10,13,18H,8-9,11-12,14H2,1-3H3. The third-order valence-electron chi connectivity index (χ3n) is 6.53. The van der Waals surface area contributed by atoms with Crippen LogP contribution in [0, 0.1) is 25.5 Å². The molecule has 0 unspecified atom stereocenters. The molecule has 12 heteroatoms. The highest BCUT2D eigenvalue weighted by atomic mass is 19.4. The summed E-state index contributed by atoms with van der Waals surface area (Å²) < 4.78 is 66.9. The lowest BCUT2D eigenvalue weighted by Crippen LogP contribution is -2.39. The number of likely N-dealkylation sites (tertiary alicyclic amines) is 1. The quantitative estimate of drug-likeness (QED) is 0.230. The van der Waals surface area contributed by atoms with Gasteiger partial charge in [0, 0.05) is 48.5 Å². The van der Waals surface area contributed by atoms with Crippen molar-refractivity contribution in [3.63, 3.8) is 0 Å². The number of alkyl halides is 3. The number of carbonyl (C=O) groups excluding carboxylic acids is 1. The van der Waals surface area contributed by atoms with E-state index in [-0.39, 0.29) is 29.6 Å². The summed E-state index contributed by atoms with van der Waals surface area (Å²) in [4.78, 5) is 32.0. The fourth-order valence-electron chi connectivity index (χ4n) is 4.64. The minimum absolute atomic E-state index is 0.0717. The highest BCUT2D eigenvalue weighted by molar-refractivity contribution is 6.00. The van der Waals surface area contributed by atoms with E-state index in [4.69, 9.17) is 4.84 Å². The number of oxime groups is 1. The van der Waals surface area contributed by atoms with Gasteiger partial charge >= 0.3 is 6.18 Å². The van der Waals surface area contributed by atoms with Gasteiger partial charge in [-0.2, -0.15) is 13.2 Å². The van der Waals surface area contributed by atoms with Crippen LogP contribution in [-0.4, -0.2) is 44.6 Å². The van der Waals surface area contributed by atoms with Crippen LogP contribution >= 0.6 is 0 Å². The Bertz CT molecular complexity index is 1380. The molecular formula is C27H26F5N5O2. The molecule has 4 rings (SSSR count). The van der Waals surface area contributed by atoms with Gasteiger partial charge in [0.05, 0.1) is 23.5 Å². The van der Waals surface area contributed by atoms with Gasteiger partial charge in [-0.3, -0.25) is 9.78 Å². The van der Waals surface area contributed by atoms with Crippen LogP contribution in [0.25, 0.3) is 0 Å². The third kappa shape index (κ3) is 6.55. The Morgan fingerprint density at radius 3 is 2.41 bits per heavy atom. The number of pyridine rings is 1. The molecule has 0 saturated carbocycles. The van der Waals surface area contributed by atoms with Crippen LogP contribution < -0.4 is 4.84 Å². The average Bonchev–Trinajstić information content (AvgIpc) is 2.88. The van der Waals surface area contributed by atoms with E-state index in [0.717, 1.165) is 24.4 Å². The van der Waals surface area contributed by atoms with Crippen LogP contribution in [-0.2, 0) is 17.4 Å². The van der Waals surface area contributed by atoms with Crippen molar-refractivity contribution in [3.05, 3.63) is 82.2 Å². The van der Waals surface area contributed by atoms with Crippen LogP contribution in [0.1, 0.15) is 59.7 Å². The SMILES string of the molecule is CC(=NOc1ccnc(C(F)(F)F)c1)c1c(C)nc(C)nc1C1CCN(C(=O)Cc2c(F)cccc2F)CC1. The van der Waals surface area contributed by atoms with E-state index in [9.17, 15) is 26.7 Å². The number of nitrogens with zero attached hydrogens (tertiary/aromatic N) is 5. The normalized spacial score (nSPS) is 15.0. The second kappa shape index (κ2) is 11.4. The molecule has 1 amide bonds. The van der Waals surface area contributed by atoms with Gasteiger partial charge in [-0.05, 0) is 45.7 Å². The van der Waals surface area contributed by atoms with Gasteiger partial charge in [0.2, 0.25) is 5.91 Å². The summed E-state index contributed by atoms with van der Waals surface area (Å²) in [6, 6.07) is 5.52. The molecule has 3 heterocycles. The van der Waals surface area contributed by atoms with E-state index in [1.807, 2.05) is 0 Å². The Labute approximate surface area is 221 Å². The van der Waals surface area contributed by atoms with E-state index in [1.54, 1.807) is 25.7 Å². The number of aryl methyl sites for hydroxylation is 2. The van der Waals surface area contributed by atoms with Crippen LogP contribution in [0.4, 0.5) is 22.0 Å². The maximum absolute atomic E-state index is 14.0. The van der Waals surface area contributed by atoms with E-state index in [0.29, 0.717) is 54.4 Å². The number of hydrogen-bond acceptors (Lipinski definition) is 6. The molecule has 0 bridgehead atoms. The van der Waals surface area contributed by atoms with Gasteiger partial charge in [-0.25, -0.2) is 18.7 Å². The molecule has 206 valence electrons. The molecule has 1 aromatic carbocycles. The maximum atomic E-state index is 14.0. The lowest BCUT2D eigenvalue weighted by molar-refractivity contribution is -0.141. The first-order valence-corrected chi connectivity index (χ1v) is 12.2. The molecule has 0 atom stereocenters. The molecule has 3 aromatic rings. The van der Waals surface area contributed by atoms with E-state index >= 15 is 0 Å². The van der Waals surface area contributed by atoms with Gasteiger partial charge in [-0.1, -0.05) is 11.2 Å². The highest BCUT2D eigenvalue weighted by Gasteiger charge is 2.33. The molecule has 1 aliphatic rings. The number of amides is 1. The second-order valence-electron chi connectivity index (χ2n) is 9.29. The van der Waals surface area contributed by atoms with Gasteiger partial charge in [-0.15, -0.1) is 0 Å². The van der Waals surface area contributed by atoms with Crippen molar-refractivity contribution >= 4 is 11.6 Å². The van der Waals surface area contributed by atoms with Crippen molar-refractivity contribution in [1.82, 2.24) is 19.9 Å². The van der Waals surface area contributed by atoms with Crippen molar-refractivity contribution in [3.8, 4) is 5.75 Å². The number of piperidine rings is 1. The Balaban J connectivity index is 1.50. The number of carbonyl (C=O) groups is 1. The number of hydrogen-bond donors (Lipinski definition) is 0. The summed E-state index contributed by atoms with van der Waals surface area (Å²) in [7, 11) is 0. The number of halogens is 5. The van der Waals surface area contributed by atoms with Crippen LogP contribution in [0.5, 0.6) is 5.75 Å². The lowest BCUT2D eigenvalue weighted by atomic mass is 9.88. The molecule has 7 nitrogen and oxygen atoms in total. The summed E-state index contributed by atoms with van der Waals surface area (Å²) in [5.41, 5.74) is 0.967. The Morgan fingerprint density at radius 1 is 1.10 bits per heavy atom. The minimum atomic E-state index is -4.62. The van der Waals surface area contributed by atoms with Gasteiger partial charge in [0.25, 0.3) is 0 Å². The van der Waals surface area contributed by atoms with E-state index in [1.165, 1.54) is 12.1 Å². The van der Waals surface area contributed by atoms with Crippen molar-refractivity contribution in [1.29, 1.82) is 0 Å². The smallest absolute Gasteiger partial charge is 0.357 e. The summed E-state index contributed by atoms with van der Waals surface area (Å²) >= 11 is 0. The number of aromatic nitrogens is 3. The first-order chi connectivity index (χ1) is 18.4. The zero-order valence-corrected chi connectivity index (χ0v) is 21.5. The molecule has 0 aliphatic carbocycles. The van der Waals surface area contributed by atoms with Crippen molar-refractivity contribution in [2.24, 2.45) is 5.16 Å². The predicted octanol–water partition coefficient (Wildman–Crippen LogP) is 5.54. The zero-order valence-electron chi connectivity index (χ0n) is 21.5. The second-order valence-corrected chi connectivity index (χ2v) is 9.29.